The van der Waals surface area contributed by atoms with Gasteiger partial charge in [0.2, 0.25) is 0 Å². The lowest BCUT2D eigenvalue weighted by molar-refractivity contribution is 0.504. The predicted octanol–water partition coefficient (Wildman–Crippen LogP) is 6.02. The van der Waals surface area contributed by atoms with Crippen LogP contribution >= 0.6 is 0 Å². The molecule has 0 N–H and O–H groups in total. The lowest BCUT2D eigenvalue weighted by Gasteiger charge is -2.05. The first-order valence-electron chi connectivity index (χ1n) is 7.65. The van der Waals surface area contributed by atoms with Crippen LogP contribution < -0.4 is 0 Å². The zero-order valence-corrected chi connectivity index (χ0v) is 11.1. The second kappa shape index (κ2) is 11.2. The van der Waals surface area contributed by atoms with E-state index in [2.05, 4.69) is 12.2 Å². The molecule has 2 saturated carbocycles. The molecule has 3 aliphatic carbocycles. The smallest absolute Gasteiger partial charge is 0.0348 e. The summed E-state index contributed by atoms with van der Waals surface area (Å²) in [5.74, 6) is 0. The monoisotopic (exact) mass is 222 g/mol. The van der Waals surface area contributed by atoms with E-state index in [1.54, 1.807) is 0 Å². The van der Waals surface area contributed by atoms with Gasteiger partial charge in [-0.1, -0.05) is 82.8 Å². The topological polar surface area (TPSA) is 0 Å². The maximum absolute atomic E-state index is 2.24. The molecule has 0 spiro atoms. The Bertz CT molecular complexity index is 124. The Morgan fingerprint density at radius 2 is 0.562 bits per heavy atom. The minimum atomic E-state index is 1.32. The molecule has 0 unspecified atom stereocenters. The summed E-state index contributed by atoms with van der Waals surface area (Å²) >= 11 is 0. The van der Waals surface area contributed by atoms with Gasteiger partial charge in [0, 0.05) is 0 Å². The Kier molecular flexibility index (Phi) is 9.69. The van der Waals surface area contributed by atoms with Gasteiger partial charge in [0.15, 0.2) is 0 Å². The second-order valence-electron chi connectivity index (χ2n) is 5.29. The summed E-state index contributed by atoms with van der Waals surface area (Å²) < 4.78 is 0. The largest absolute Gasteiger partial charge is 0.0885 e. The maximum atomic E-state index is 2.24. The summed E-state index contributed by atoms with van der Waals surface area (Å²) in [6.45, 7) is 0. The van der Waals surface area contributed by atoms with E-state index in [-0.39, 0.29) is 0 Å². The number of hydrogen-bond donors (Lipinski definition) is 0. The summed E-state index contributed by atoms with van der Waals surface area (Å²) in [7, 11) is 0. The Morgan fingerprint density at radius 3 is 0.688 bits per heavy atom. The Labute approximate surface area is 103 Å². The molecule has 94 valence electrons. The van der Waals surface area contributed by atoms with Crippen molar-refractivity contribution in [3.63, 3.8) is 0 Å². The van der Waals surface area contributed by atoms with Gasteiger partial charge in [-0.25, -0.2) is 0 Å². The first-order valence-corrected chi connectivity index (χ1v) is 7.65. The summed E-state index contributed by atoms with van der Waals surface area (Å²) in [6, 6.07) is 0. The van der Waals surface area contributed by atoms with Gasteiger partial charge in [0.25, 0.3) is 0 Å². The van der Waals surface area contributed by atoms with Crippen molar-refractivity contribution < 1.29 is 0 Å². The zero-order valence-electron chi connectivity index (χ0n) is 11.1. The molecule has 0 radical (unpaired) electrons. The Hall–Kier alpha value is -0.260. The van der Waals surface area contributed by atoms with E-state index in [1.807, 2.05) is 0 Å². The van der Waals surface area contributed by atoms with Crippen molar-refractivity contribution in [1.82, 2.24) is 0 Å². The molecule has 0 saturated heterocycles. The predicted molar refractivity (Wildman–Crippen MR) is 73.8 cm³/mol. The molecule has 3 rings (SSSR count). The highest BCUT2D eigenvalue weighted by molar-refractivity contribution is 4.88. The molecule has 0 aromatic carbocycles. The highest BCUT2D eigenvalue weighted by Crippen LogP contribution is 2.15. The molecule has 0 heteroatoms. The lowest BCUT2D eigenvalue weighted by atomic mass is 10.0. The number of hydrogen-bond acceptors (Lipinski definition) is 0. The van der Waals surface area contributed by atoms with Gasteiger partial charge >= 0.3 is 0 Å². The molecule has 0 amide bonds. The van der Waals surface area contributed by atoms with Crippen molar-refractivity contribution in [3.8, 4) is 0 Å². The fraction of sp³-hybridized carbons (Fsp3) is 0.875. The molecule has 0 aromatic heterocycles. The zero-order chi connectivity index (χ0) is 11.3. The van der Waals surface area contributed by atoms with Crippen LogP contribution in [0.3, 0.4) is 0 Å². The van der Waals surface area contributed by atoms with Crippen molar-refractivity contribution in [2.45, 2.75) is 89.9 Å². The summed E-state index contributed by atoms with van der Waals surface area (Å²) in [4.78, 5) is 0. The van der Waals surface area contributed by atoms with E-state index in [4.69, 9.17) is 0 Å². The molecular formula is C16H30. The van der Waals surface area contributed by atoms with Crippen LogP contribution in [0.25, 0.3) is 0 Å². The maximum Gasteiger partial charge on any atom is -0.0348 e. The van der Waals surface area contributed by atoms with Crippen LogP contribution in [-0.4, -0.2) is 0 Å². The third kappa shape index (κ3) is 9.00. The van der Waals surface area contributed by atoms with Gasteiger partial charge in [0.1, 0.15) is 0 Å². The van der Waals surface area contributed by atoms with Crippen LogP contribution in [0.1, 0.15) is 89.9 Å². The molecular weight excluding hydrogens is 192 g/mol. The average molecular weight is 222 g/mol. The Morgan fingerprint density at radius 1 is 0.312 bits per heavy atom. The molecule has 3 aliphatic rings. The molecule has 0 heterocycles. The van der Waals surface area contributed by atoms with E-state index in [0.717, 1.165) is 0 Å². The fourth-order valence-electron chi connectivity index (χ4n) is 2.53. The number of allylic oxidation sites excluding steroid dienone is 2. The van der Waals surface area contributed by atoms with Crippen molar-refractivity contribution >= 4 is 0 Å². The van der Waals surface area contributed by atoms with E-state index in [1.165, 1.54) is 89.9 Å². The van der Waals surface area contributed by atoms with Crippen LogP contribution in [0.2, 0.25) is 0 Å². The van der Waals surface area contributed by atoms with E-state index in [9.17, 15) is 0 Å². The minimum Gasteiger partial charge on any atom is -0.0885 e. The van der Waals surface area contributed by atoms with Crippen LogP contribution in [0.5, 0.6) is 0 Å². The van der Waals surface area contributed by atoms with Crippen molar-refractivity contribution in [2.75, 3.05) is 0 Å². The summed E-state index contributed by atoms with van der Waals surface area (Å²) in [5.41, 5.74) is 0. The highest BCUT2D eigenvalue weighted by Gasteiger charge is 1.96. The van der Waals surface area contributed by atoms with E-state index < -0.39 is 0 Å². The van der Waals surface area contributed by atoms with Gasteiger partial charge < -0.3 is 0 Å². The average Bonchev–Trinajstić information content (AvgIpc) is 3.10. The normalized spacial score (nSPS) is 23.0. The third-order valence-corrected chi connectivity index (χ3v) is 3.66. The Balaban J connectivity index is 0.000000121. The van der Waals surface area contributed by atoms with E-state index >= 15 is 0 Å². The summed E-state index contributed by atoms with van der Waals surface area (Å²) in [6.07, 6.45) is 25.0. The first kappa shape index (κ1) is 13.8. The SMILES string of the molecule is C1=CCCC1.C1CCCC1.C1CCCCC1. The van der Waals surface area contributed by atoms with E-state index in [0.29, 0.717) is 0 Å². The lowest BCUT2D eigenvalue weighted by Crippen LogP contribution is -1.85. The van der Waals surface area contributed by atoms with Gasteiger partial charge in [0.05, 0.1) is 0 Å². The second-order valence-corrected chi connectivity index (χ2v) is 5.29. The fourth-order valence-corrected chi connectivity index (χ4v) is 2.53. The van der Waals surface area contributed by atoms with Gasteiger partial charge in [-0.2, -0.15) is 0 Å². The van der Waals surface area contributed by atoms with Crippen molar-refractivity contribution in [1.29, 1.82) is 0 Å². The molecule has 0 bridgehead atoms. The van der Waals surface area contributed by atoms with Gasteiger partial charge in [-0.05, 0) is 19.3 Å². The third-order valence-electron chi connectivity index (χ3n) is 3.66. The van der Waals surface area contributed by atoms with Gasteiger partial charge in [-0.15, -0.1) is 0 Å². The van der Waals surface area contributed by atoms with Crippen LogP contribution in [-0.2, 0) is 0 Å². The molecule has 2 fully saturated rings. The molecule has 16 heavy (non-hydrogen) atoms. The van der Waals surface area contributed by atoms with Crippen molar-refractivity contribution in [2.24, 2.45) is 0 Å². The van der Waals surface area contributed by atoms with Crippen LogP contribution in [0.15, 0.2) is 12.2 Å². The van der Waals surface area contributed by atoms with Crippen LogP contribution in [0.4, 0.5) is 0 Å². The standard InChI is InChI=1S/C6H12.C5H10.C5H8/c1-2-4-6-5-3-1;2*1-2-4-5-3-1/h1-6H2;1-5H2;1-2H,3-5H2. The quantitative estimate of drug-likeness (QED) is 0.440. The first-order chi connectivity index (χ1) is 8.00. The van der Waals surface area contributed by atoms with Gasteiger partial charge in [-0.3, -0.25) is 0 Å². The van der Waals surface area contributed by atoms with Crippen molar-refractivity contribution in [3.05, 3.63) is 12.2 Å². The minimum absolute atomic E-state index is 1.32. The molecule has 0 atom stereocenters. The molecule has 0 aliphatic heterocycles. The highest BCUT2D eigenvalue weighted by atomic mass is 14.0. The molecule has 0 nitrogen and oxygen atoms in total. The summed E-state index contributed by atoms with van der Waals surface area (Å²) in [5, 5.41) is 0. The van der Waals surface area contributed by atoms with Crippen LogP contribution in [0, 0.1) is 0 Å². The number of rotatable bonds is 0. The molecule has 0 aromatic rings.